The molecule has 0 aliphatic heterocycles. The predicted octanol–water partition coefficient (Wildman–Crippen LogP) is 4.70. The minimum Gasteiger partial charge on any atom is -0.481 e. The van der Waals surface area contributed by atoms with E-state index in [1.165, 1.54) is 17.5 Å². The average molecular weight is 489 g/mol. The molecule has 33 heavy (non-hydrogen) atoms. The van der Waals surface area contributed by atoms with Gasteiger partial charge in [-0.15, -0.1) is 11.3 Å². The molecular formula is C23H25ClN4O4S. The van der Waals surface area contributed by atoms with Crippen molar-refractivity contribution in [2.45, 2.75) is 45.6 Å². The molecular weight excluding hydrogens is 464 g/mol. The molecule has 8 nitrogen and oxygen atoms in total. The van der Waals surface area contributed by atoms with Gasteiger partial charge in [0.2, 0.25) is 5.95 Å². The molecule has 1 saturated carbocycles. The molecule has 2 heterocycles. The Morgan fingerprint density at radius 3 is 2.70 bits per heavy atom. The van der Waals surface area contributed by atoms with E-state index >= 15 is 0 Å². The lowest BCUT2D eigenvalue weighted by atomic mass is 9.63. The first-order chi connectivity index (χ1) is 15.5. The number of carboxylic acid groups (broad SMARTS) is 1. The van der Waals surface area contributed by atoms with Crippen LogP contribution in [-0.4, -0.2) is 31.1 Å². The fraction of sp³-hybridized carbons (Fsp3) is 0.391. The molecule has 2 atom stereocenters. The van der Waals surface area contributed by atoms with Crippen molar-refractivity contribution in [1.82, 2.24) is 15.0 Å². The van der Waals surface area contributed by atoms with Crippen LogP contribution in [0.5, 0.6) is 0 Å². The number of aliphatic hydroxyl groups is 1. The molecule has 4 rings (SSSR count). The van der Waals surface area contributed by atoms with Gasteiger partial charge in [-0.2, -0.15) is 0 Å². The molecule has 10 heteroatoms. The molecule has 2 unspecified atom stereocenters. The van der Waals surface area contributed by atoms with E-state index in [-0.39, 0.29) is 11.0 Å². The topological polar surface area (TPSA) is 128 Å². The summed E-state index contributed by atoms with van der Waals surface area (Å²) in [6.45, 7) is 5.73. The van der Waals surface area contributed by atoms with Gasteiger partial charge in [-0.1, -0.05) is 31.5 Å². The molecule has 0 radical (unpaired) electrons. The maximum absolute atomic E-state index is 11.7. The molecule has 174 valence electrons. The minimum atomic E-state index is -1.16. The van der Waals surface area contributed by atoms with Gasteiger partial charge < -0.3 is 15.5 Å². The van der Waals surface area contributed by atoms with Gasteiger partial charge in [0.25, 0.3) is 5.56 Å². The first kappa shape index (κ1) is 23.4. The number of aromatic nitrogens is 3. The van der Waals surface area contributed by atoms with Crippen molar-refractivity contribution >= 4 is 40.5 Å². The first-order valence-electron chi connectivity index (χ1n) is 10.5. The Kier molecular flexibility index (Phi) is 6.07. The highest BCUT2D eigenvalue weighted by Gasteiger charge is 2.49. The first-order valence-corrected chi connectivity index (χ1v) is 11.7. The van der Waals surface area contributed by atoms with Gasteiger partial charge in [0.15, 0.2) is 0 Å². The van der Waals surface area contributed by atoms with E-state index in [1.807, 2.05) is 39.0 Å². The van der Waals surface area contributed by atoms with E-state index in [1.54, 1.807) is 6.20 Å². The van der Waals surface area contributed by atoms with Crippen LogP contribution in [0, 0.1) is 18.3 Å². The van der Waals surface area contributed by atoms with Gasteiger partial charge in [0.05, 0.1) is 17.0 Å². The Labute approximate surface area is 199 Å². The summed E-state index contributed by atoms with van der Waals surface area (Å²) in [7, 11) is 0. The van der Waals surface area contributed by atoms with Crippen LogP contribution in [0.4, 0.5) is 11.6 Å². The molecule has 0 spiro atoms. The standard InChI is InChI=1S/C23H25ClN4O4S/c1-12-6-13(8-14(7-12)27-21-26-9-16(24)18(29)28-21)17-10-25-20(33-17)23(32)5-4-15(19(30)31)22(2,3)11-23/h6-10,15,32H,4-5,11H2,1-3H3,(H,30,31)(H2,26,27,28,29). The number of halogens is 1. The van der Waals surface area contributed by atoms with Crippen molar-refractivity contribution < 1.29 is 15.0 Å². The minimum absolute atomic E-state index is 0.0150. The zero-order valence-electron chi connectivity index (χ0n) is 18.5. The van der Waals surface area contributed by atoms with Crippen LogP contribution in [0.2, 0.25) is 5.02 Å². The molecule has 1 fully saturated rings. The second-order valence-corrected chi connectivity index (χ2v) is 10.7. The lowest BCUT2D eigenvalue weighted by Gasteiger charge is -2.44. The lowest BCUT2D eigenvalue weighted by molar-refractivity contribution is -0.154. The Morgan fingerprint density at radius 2 is 2.03 bits per heavy atom. The molecule has 0 bridgehead atoms. The van der Waals surface area contributed by atoms with Crippen LogP contribution >= 0.6 is 22.9 Å². The number of aromatic amines is 1. The van der Waals surface area contributed by atoms with Crippen molar-refractivity contribution in [1.29, 1.82) is 0 Å². The maximum Gasteiger partial charge on any atom is 0.307 e. The fourth-order valence-corrected chi connectivity index (χ4v) is 5.69. The summed E-state index contributed by atoms with van der Waals surface area (Å²) >= 11 is 7.15. The number of anilines is 2. The van der Waals surface area contributed by atoms with E-state index in [4.69, 9.17) is 11.6 Å². The second-order valence-electron chi connectivity index (χ2n) is 9.28. The molecule has 4 N–H and O–H groups in total. The number of aliphatic carboxylic acids is 1. The maximum atomic E-state index is 11.7. The van der Waals surface area contributed by atoms with Crippen LogP contribution in [0.3, 0.4) is 0 Å². The highest BCUT2D eigenvalue weighted by atomic mass is 35.5. The van der Waals surface area contributed by atoms with Gasteiger partial charge in [-0.25, -0.2) is 9.97 Å². The Bertz CT molecular complexity index is 1270. The predicted molar refractivity (Wildman–Crippen MR) is 128 cm³/mol. The molecule has 1 aliphatic carbocycles. The third-order valence-electron chi connectivity index (χ3n) is 6.12. The number of aryl methyl sites for hydroxylation is 1. The zero-order valence-corrected chi connectivity index (χ0v) is 20.0. The third-order valence-corrected chi connectivity index (χ3v) is 7.63. The molecule has 1 aliphatic rings. The number of benzene rings is 1. The van der Waals surface area contributed by atoms with Gasteiger partial charge in [-0.05, 0) is 54.9 Å². The Balaban J connectivity index is 1.60. The summed E-state index contributed by atoms with van der Waals surface area (Å²) in [4.78, 5) is 35.4. The average Bonchev–Trinajstić information content (AvgIpc) is 3.20. The smallest absolute Gasteiger partial charge is 0.307 e. The Morgan fingerprint density at radius 1 is 1.27 bits per heavy atom. The molecule has 1 aromatic carbocycles. The van der Waals surface area contributed by atoms with Crippen LogP contribution in [0.25, 0.3) is 10.4 Å². The summed E-state index contributed by atoms with van der Waals surface area (Å²) in [5.41, 5.74) is 0.488. The van der Waals surface area contributed by atoms with E-state index in [0.29, 0.717) is 24.3 Å². The molecule has 0 saturated heterocycles. The van der Waals surface area contributed by atoms with Crippen molar-refractivity contribution in [2.75, 3.05) is 5.32 Å². The molecule has 0 amide bonds. The lowest BCUT2D eigenvalue weighted by Crippen LogP contribution is -2.44. The third kappa shape index (κ3) is 4.80. The van der Waals surface area contributed by atoms with Crippen molar-refractivity contribution in [3.8, 4) is 10.4 Å². The number of carbonyl (C=O) groups is 1. The largest absolute Gasteiger partial charge is 0.481 e. The van der Waals surface area contributed by atoms with E-state index in [2.05, 4.69) is 20.3 Å². The summed E-state index contributed by atoms with van der Waals surface area (Å²) in [6, 6.07) is 5.84. The summed E-state index contributed by atoms with van der Waals surface area (Å²) in [5.74, 6) is -1.04. The summed E-state index contributed by atoms with van der Waals surface area (Å²) in [5, 5.41) is 24.6. The van der Waals surface area contributed by atoms with Crippen LogP contribution < -0.4 is 10.9 Å². The van der Waals surface area contributed by atoms with Gasteiger partial charge in [0, 0.05) is 11.9 Å². The van der Waals surface area contributed by atoms with Crippen LogP contribution in [-0.2, 0) is 10.4 Å². The van der Waals surface area contributed by atoms with Gasteiger partial charge in [0.1, 0.15) is 15.6 Å². The number of nitrogens with zero attached hydrogens (tertiary/aromatic N) is 2. The number of thiazole rings is 1. The van der Waals surface area contributed by atoms with E-state index in [9.17, 15) is 19.8 Å². The van der Waals surface area contributed by atoms with Gasteiger partial charge in [-0.3, -0.25) is 14.6 Å². The van der Waals surface area contributed by atoms with Crippen molar-refractivity contribution in [3.05, 3.63) is 56.5 Å². The number of nitrogens with one attached hydrogen (secondary N) is 2. The summed E-state index contributed by atoms with van der Waals surface area (Å²) < 4.78 is 0. The monoisotopic (exact) mass is 488 g/mol. The van der Waals surface area contributed by atoms with E-state index in [0.717, 1.165) is 21.7 Å². The van der Waals surface area contributed by atoms with Crippen molar-refractivity contribution in [3.63, 3.8) is 0 Å². The Hall–Kier alpha value is -2.75. The van der Waals surface area contributed by atoms with Crippen LogP contribution in [0.1, 0.15) is 43.7 Å². The van der Waals surface area contributed by atoms with Gasteiger partial charge >= 0.3 is 5.97 Å². The molecule has 3 aromatic rings. The number of H-pyrrole nitrogens is 1. The highest BCUT2D eigenvalue weighted by molar-refractivity contribution is 7.15. The summed E-state index contributed by atoms with van der Waals surface area (Å²) in [6.07, 6.45) is 4.11. The number of carboxylic acids is 1. The van der Waals surface area contributed by atoms with E-state index < -0.39 is 28.5 Å². The molecule has 2 aromatic heterocycles. The SMILES string of the molecule is Cc1cc(Nc2ncc(Cl)c(=O)[nH]2)cc(-c2cnc(C3(O)CCC(C(=O)O)C(C)(C)C3)s2)c1. The zero-order chi connectivity index (χ0) is 24.0. The fourth-order valence-electron chi connectivity index (χ4n) is 4.58. The second kappa shape index (κ2) is 8.55. The normalized spacial score (nSPS) is 22.2. The van der Waals surface area contributed by atoms with Crippen LogP contribution in [0.15, 0.2) is 35.4 Å². The number of rotatable bonds is 5. The van der Waals surface area contributed by atoms with Crippen molar-refractivity contribution in [2.24, 2.45) is 11.3 Å². The number of hydrogen-bond acceptors (Lipinski definition) is 7. The number of hydrogen-bond donors (Lipinski definition) is 4. The quantitative estimate of drug-likeness (QED) is 0.409. The highest BCUT2D eigenvalue weighted by Crippen LogP contribution is 2.50.